The molecular weight excluding hydrogens is 478 g/mol. The van der Waals surface area contributed by atoms with Crippen molar-refractivity contribution in [1.29, 1.82) is 0 Å². The van der Waals surface area contributed by atoms with Crippen molar-refractivity contribution >= 4 is 21.7 Å². The van der Waals surface area contributed by atoms with Crippen LogP contribution in [0.15, 0.2) is 48.5 Å². The third kappa shape index (κ3) is 6.64. The van der Waals surface area contributed by atoms with Crippen molar-refractivity contribution in [2.75, 3.05) is 31.6 Å². The SMILES string of the molecule is CS(=O)(=O)CC(=O)N(CCc1ccc(O)cc1)CCN1[C@@H]2CC[C@H]1C[C@@H](c1cccc(C(N)=O)c1)C2. The van der Waals surface area contributed by atoms with Gasteiger partial charge in [0, 0.05) is 43.5 Å². The first-order chi connectivity index (χ1) is 17.1. The molecule has 2 bridgehead atoms. The van der Waals surface area contributed by atoms with Crippen LogP contribution in [0.5, 0.6) is 5.75 Å². The van der Waals surface area contributed by atoms with Crippen LogP contribution in [0, 0.1) is 0 Å². The topological polar surface area (TPSA) is 121 Å². The molecule has 0 saturated carbocycles. The number of hydrogen-bond donors (Lipinski definition) is 2. The van der Waals surface area contributed by atoms with Crippen molar-refractivity contribution < 1.29 is 23.1 Å². The quantitative estimate of drug-likeness (QED) is 0.503. The molecule has 3 atom stereocenters. The van der Waals surface area contributed by atoms with E-state index in [-0.39, 0.29) is 11.7 Å². The molecule has 0 aromatic heterocycles. The molecule has 0 unspecified atom stereocenters. The molecule has 9 heteroatoms. The van der Waals surface area contributed by atoms with Crippen molar-refractivity contribution in [3.05, 3.63) is 65.2 Å². The molecule has 194 valence electrons. The number of nitrogens with two attached hydrogens (primary N) is 1. The van der Waals surface area contributed by atoms with Crippen molar-refractivity contribution in [2.24, 2.45) is 5.73 Å². The van der Waals surface area contributed by atoms with E-state index in [0.717, 1.165) is 43.1 Å². The Morgan fingerprint density at radius 3 is 2.33 bits per heavy atom. The minimum absolute atomic E-state index is 0.184. The summed E-state index contributed by atoms with van der Waals surface area (Å²) >= 11 is 0. The van der Waals surface area contributed by atoms with Gasteiger partial charge in [-0.2, -0.15) is 0 Å². The second-order valence-electron chi connectivity index (χ2n) is 10.1. The van der Waals surface area contributed by atoms with E-state index in [4.69, 9.17) is 5.73 Å². The van der Waals surface area contributed by atoms with Gasteiger partial charge >= 0.3 is 0 Å². The van der Waals surface area contributed by atoms with Crippen molar-refractivity contribution in [1.82, 2.24) is 9.80 Å². The monoisotopic (exact) mass is 513 g/mol. The third-order valence-electron chi connectivity index (χ3n) is 7.50. The van der Waals surface area contributed by atoms with E-state index in [1.54, 1.807) is 23.1 Å². The fourth-order valence-corrected chi connectivity index (χ4v) is 6.33. The number of amides is 2. The average Bonchev–Trinajstić information content (AvgIpc) is 3.05. The third-order valence-corrected chi connectivity index (χ3v) is 8.27. The van der Waals surface area contributed by atoms with E-state index in [2.05, 4.69) is 11.0 Å². The average molecular weight is 514 g/mol. The van der Waals surface area contributed by atoms with Gasteiger partial charge in [-0.05, 0) is 73.4 Å². The number of piperidine rings is 1. The number of sulfone groups is 1. The summed E-state index contributed by atoms with van der Waals surface area (Å²) in [7, 11) is -3.43. The number of aromatic hydroxyl groups is 1. The zero-order valence-electron chi connectivity index (χ0n) is 20.7. The molecule has 2 aliphatic rings. The summed E-state index contributed by atoms with van der Waals surface area (Å²) in [6.45, 7) is 1.60. The van der Waals surface area contributed by atoms with Crippen LogP contribution in [-0.2, 0) is 21.1 Å². The van der Waals surface area contributed by atoms with Gasteiger partial charge in [0.15, 0.2) is 9.84 Å². The maximum absolute atomic E-state index is 12.9. The highest BCUT2D eigenvalue weighted by molar-refractivity contribution is 7.91. The number of fused-ring (bicyclic) bond motifs is 2. The van der Waals surface area contributed by atoms with Crippen LogP contribution >= 0.6 is 0 Å². The second kappa shape index (κ2) is 11.0. The Kier molecular flexibility index (Phi) is 8.00. The Balaban J connectivity index is 1.40. The predicted octanol–water partition coefficient (Wildman–Crippen LogP) is 2.32. The van der Waals surface area contributed by atoms with E-state index >= 15 is 0 Å². The number of rotatable bonds is 10. The number of carbonyl (C=O) groups is 2. The second-order valence-corrected chi connectivity index (χ2v) is 12.3. The predicted molar refractivity (Wildman–Crippen MR) is 139 cm³/mol. The maximum atomic E-state index is 12.9. The molecule has 0 radical (unpaired) electrons. The van der Waals surface area contributed by atoms with Crippen LogP contribution in [0.4, 0.5) is 0 Å². The molecule has 2 aliphatic heterocycles. The summed E-state index contributed by atoms with van der Waals surface area (Å²) in [6.07, 6.45) is 5.85. The van der Waals surface area contributed by atoms with Crippen molar-refractivity contribution in [3.63, 3.8) is 0 Å². The van der Waals surface area contributed by atoms with E-state index in [1.165, 1.54) is 0 Å². The molecule has 2 aromatic carbocycles. The highest BCUT2D eigenvalue weighted by Crippen LogP contribution is 2.43. The van der Waals surface area contributed by atoms with E-state index < -0.39 is 21.5 Å². The minimum Gasteiger partial charge on any atom is -0.508 e. The van der Waals surface area contributed by atoms with Crippen LogP contribution in [0.2, 0.25) is 0 Å². The highest BCUT2D eigenvalue weighted by atomic mass is 32.2. The number of nitrogens with zero attached hydrogens (tertiary/aromatic N) is 2. The fourth-order valence-electron chi connectivity index (χ4n) is 5.70. The minimum atomic E-state index is -3.43. The summed E-state index contributed by atoms with van der Waals surface area (Å²) in [5, 5.41) is 9.51. The van der Waals surface area contributed by atoms with Crippen molar-refractivity contribution in [2.45, 2.75) is 50.1 Å². The molecule has 36 heavy (non-hydrogen) atoms. The lowest BCUT2D eigenvalue weighted by Gasteiger charge is -2.40. The molecule has 4 rings (SSSR count). The Morgan fingerprint density at radius 1 is 1.06 bits per heavy atom. The van der Waals surface area contributed by atoms with Gasteiger partial charge in [0.05, 0.1) is 0 Å². The summed E-state index contributed by atoms with van der Waals surface area (Å²) in [4.78, 5) is 28.6. The smallest absolute Gasteiger partial charge is 0.248 e. The molecule has 2 saturated heterocycles. The van der Waals surface area contributed by atoms with Crippen LogP contribution < -0.4 is 5.73 Å². The summed E-state index contributed by atoms with van der Waals surface area (Å²) in [5.41, 5.74) is 8.14. The number of primary amides is 1. The molecule has 0 spiro atoms. The van der Waals surface area contributed by atoms with Gasteiger partial charge in [-0.3, -0.25) is 14.5 Å². The summed E-state index contributed by atoms with van der Waals surface area (Å²) < 4.78 is 23.6. The lowest BCUT2D eigenvalue weighted by molar-refractivity contribution is -0.128. The van der Waals surface area contributed by atoms with Crippen LogP contribution in [-0.4, -0.2) is 78.9 Å². The van der Waals surface area contributed by atoms with Gasteiger partial charge in [0.25, 0.3) is 0 Å². The first-order valence-corrected chi connectivity index (χ1v) is 14.5. The molecule has 2 amide bonds. The van der Waals surface area contributed by atoms with E-state index in [9.17, 15) is 23.1 Å². The highest BCUT2D eigenvalue weighted by Gasteiger charge is 2.41. The molecular formula is C27H35N3O5S. The van der Waals surface area contributed by atoms with Crippen LogP contribution in [0.1, 0.15) is 53.1 Å². The fraction of sp³-hybridized carbons (Fsp3) is 0.481. The largest absolute Gasteiger partial charge is 0.508 e. The van der Waals surface area contributed by atoms with E-state index in [0.29, 0.717) is 49.6 Å². The number of carbonyl (C=O) groups excluding carboxylic acids is 2. The van der Waals surface area contributed by atoms with Gasteiger partial charge < -0.3 is 15.7 Å². The van der Waals surface area contributed by atoms with Gasteiger partial charge in [-0.25, -0.2) is 8.42 Å². The van der Waals surface area contributed by atoms with Gasteiger partial charge in [-0.15, -0.1) is 0 Å². The Morgan fingerprint density at radius 2 is 1.72 bits per heavy atom. The van der Waals surface area contributed by atoms with Crippen LogP contribution in [0.3, 0.4) is 0 Å². The standard InChI is InChI=1S/C27H35N3O5S/c1-36(34,35)18-26(32)29(12-11-19-5-9-25(31)10-6-19)13-14-30-23-7-8-24(30)17-22(16-23)20-3-2-4-21(15-20)27(28)33/h2-6,9-10,15,22-24,31H,7-8,11-14,16-18H2,1H3,(H2,28,33)/t22-,23+,24-. The van der Waals surface area contributed by atoms with Crippen molar-refractivity contribution in [3.8, 4) is 5.75 Å². The number of benzene rings is 2. The number of hydrogen-bond acceptors (Lipinski definition) is 6. The summed E-state index contributed by atoms with van der Waals surface area (Å²) in [6, 6.07) is 15.3. The van der Waals surface area contributed by atoms with Gasteiger partial charge in [-0.1, -0.05) is 24.3 Å². The molecule has 2 aromatic rings. The van der Waals surface area contributed by atoms with E-state index in [1.807, 2.05) is 24.3 Å². The first kappa shape index (κ1) is 26.2. The lowest BCUT2D eigenvalue weighted by Crippen LogP contribution is -2.48. The number of phenolic OH excluding ortho intramolecular Hbond substituents is 1. The molecule has 8 nitrogen and oxygen atoms in total. The molecule has 3 N–H and O–H groups in total. The van der Waals surface area contributed by atoms with Gasteiger partial charge in [0.1, 0.15) is 11.5 Å². The zero-order valence-corrected chi connectivity index (χ0v) is 21.5. The molecule has 2 fully saturated rings. The maximum Gasteiger partial charge on any atom is 0.248 e. The Bertz CT molecular complexity index is 1180. The Hall–Kier alpha value is -2.91. The first-order valence-electron chi connectivity index (χ1n) is 12.5. The molecule has 2 heterocycles. The summed E-state index contributed by atoms with van der Waals surface area (Å²) in [5.74, 6) is -0.724. The zero-order chi connectivity index (χ0) is 25.9. The molecule has 0 aliphatic carbocycles. The Labute approximate surface area is 213 Å². The number of phenols is 1. The van der Waals surface area contributed by atoms with Gasteiger partial charge in [0.2, 0.25) is 11.8 Å². The normalized spacial score (nSPS) is 21.9. The lowest BCUT2D eigenvalue weighted by atomic mass is 9.84. The van der Waals surface area contributed by atoms with Crippen LogP contribution in [0.25, 0.3) is 0 Å².